The molecule has 0 amide bonds. The van der Waals surface area contributed by atoms with Crippen LogP contribution in [0.3, 0.4) is 0 Å². The Labute approximate surface area is 243 Å². The molecule has 0 aliphatic heterocycles. The number of fused-ring (bicyclic) bond motifs is 3. The number of aromatic nitrogens is 5. The average molecular weight is 695 g/mol. The number of furan rings is 1. The van der Waals surface area contributed by atoms with Gasteiger partial charge in [-0.2, -0.15) is 15.5 Å². The Morgan fingerprint density at radius 3 is 2.30 bits per heavy atom. The summed E-state index contributed by atoms with van der Waals surface area (Å²) in [7, 11) is 0. The van der Waals surface area contributed by atoms with Crippen molar-refractivity contribution in [2.45, 2.75) is 0 Å². The standard InChI is InChI=1S/C22H11N4O.C10H7N2.Ir/c23-13-19-15(14-5-2-1-3-6-14)9-10-17-16-7-4-8-18(20(16)27-21(17)19)22-24-11-12-25-26-22;1-2-4-9(5-3-1)10-8-11-6-7-12-10;/h1-7,9-12H;1-4,6-8H;/q2*-1;. The molecule has 0 N–H and O–H groups in total. The van der Waals surface area contributed by atoms with Gasteiger partial charge in [0, 0.05) is 61.5 Å². The van der Waals surface area contributed by atoms with E-state index in [-0.39, 0.29) is 20.1 Å². The first-order chi connectivity index (χ1) is 19.3. The molecule has 7 nitrogen and oxygen atoms in total. The molecule has 0 spiro atoms. The van der Waals surface area contributed by atoms with Crippen LogP contribution in [0.5, 0.6) is 0 Å². The van der Waals surface area contributed by atoms with Crippen LogP contribution < -0.4 is 0 Å². The molecule has 0 aliphatic rings. The summed E-state index contributed by atoms with van der Waals surface area (Å²) in [5.74, 6) is 0.434. The summed E-state index contributed by atoms with van der Waals surface area (Å²) in [5.41, 5.74) is 5.94. The van der Waals surface area contributed by atoms with Gasteiger partial charge in [0.05, 0.1) is 11.8 Å². The molecule has 193 valence electrons. The van der Waals surface area contributed by atoms with Gasteiger partial charge in [-0.1, -0.05) is 53.4 Å². The van der Waals surface area contributed by atoms with Crippen LogP contribution in [-0.4, -0.2) is 25.1 Å². The van der Waals surface area contributed by atoms with Crippen molar-refractivity contribution in [2.24, 2.45) is 0 Å². The number of hydrogen-bond acceptors (Lipinski definition) is 7. The molecule has 3 aromatic heterocycles. The monoisotopic (exact) mass is 695 g/mol. The Morgan fingerprint density at radius 2 is 1.57 bits per heavy atom. The zero-order valence-corrected chi connectivity index (χ0v) is 23.2. The number of nitrogens with zero attached hydrogens (tertiary/aromatic N) is 6. The van der Waals surface area contributed by atoms with Crippen LogP contribution in [0.15, 0.2) is 114 Å². The van der Waals surface area contributed by atoms with Crippen molar-refractivity contribution in [2.75, 3.05) is 0 Å². The van der Waals surface area contributed by atoms with Crippen molar-refractivity contribution in [3.05, 3.63) is 128 Å². The maximum Gasteiger partial charge on any atom is 0.139 e. The molecule has 0 saturated carbocycles. The van der Waals surface area contributed by atoms with Crippen LogP contribution in [0.4, 0.5) is 0 Å². The summed E-state index contributed by atoms with van der Waals surface area (Å²) in [6.07, 6.45) is 8.16. The largest absolute Gasteiger partial charge is 0.499 e. The minimum absolute atomic E-state index is 0. The number of hydrogen-bond donors (Lipinski definition) is 0. The predicted octanol–water partition coefficient (Wildman–Crippen LogP) is 6.72. The van der Waals surface area contributed by atoms with Crippen molar-refractivity contribution < 1.29 is 24.5 Å². The van der Waals surface area contributed by atoms with Gasteiger partial charge in [-0.3, -0.25) is 9.97 Å². The second-order valence-electron chi connectivity index (χ2n) is 8.37. The van der Waals surface area contributed by atoms with Crippen molar-refractivity contribution in [3.63, 3.8) is 0 Å². The van der Waals surface area contributed by atoms with E-state index >= 15 is 0 Å². The minimum atomic E-state index is 0. The van der Waals surface area contributed by atoms with Gasteiger partial charge in [0.25, 0.3) is 0 Å². The van der Waals surface area contributed by atoms with Crippen molar-refractivity contribution >= 4 is 21.9 Å². The minimum Gasteiger partial charge on any atom is -0.499 e. The van der Waals surface area contributed by atoms with Gasteiger partial charge in [0.2, 0.25) is 0 Å². The zero-order valence-electron chi connectivity index (χ0n) is 20.8. The summed E-state index contributed by atoms with van der Waals surface area (Å²) in [6.45, 7) is 0. The van der Waals surface area contributed by atoms with E-state index < -0.39 is 0 Å². The predicted molar refractivity (Wildman–Crippen MR) is 148 cm³/mol. The van der Waals surface area contributed by atoms with Crippen LogP contribution >= 0.6 is 0 Å². The van der Waals surface area contributed by atoms with Gasteiger partial charge in [-0.05, 0) is 5.56 Å². The Kier molecular flexibility index (Phi) is 8.07. The number of rotatable bonds is 3. The summed E-state index contributed by atoms with van der Waals surface area (Å²) in [4.78, 5) is 12.4. The molecule has 0 aliphatic carbocycles. The molecule has 7 aromatic rings. The van der Waals surface area contributed by atoms with Gasteiger partial charge in [0.15, 0.2) is 0 Å². The first kappa shape index (κ1) is 26.5. The summed E-state index contributed by atoms with van der Waals surface area (Å²) < 4.78 is 6.16. The quantitative estimate of drug-likeness (QED) is 0.189. The van der Waals surface area contributed by atoms with E-state index in [2.05, 4.69) is 43.4 Å². The third-order valence-electron chi connectivity index (χ3n) is 6.05. The fourth-order valence-electron chi connectivity index (χ4n) is 4.29. The molecular formula is C32H18IrN6O-2. The Hall–Kier alpha value is -5.09. The fourth-order valence-corrected chi connectivity index (χ4v) is 4.29. The van der Waals surface area contributed by atoms with Gasteiger partial charge < -0.3 is 9.40 Å². The Balaban J connectivity index is 0.000000209. The van der Waals surface area contributed by atoms with E-state index in [1.54, 1.807) is 30.9 Å². The summed E-state index contributed by atoms with van der Waals surface area (Å²) in [6, 6.07) is 33.7. The molecule has 40 heavy (non-hydrogen) atoms. The maximum atomic E-state index is 9.84. The average Bonchev–Trinajstić information content (AvgIpc) is 3.42. The normalized spacial score (nSPS) is 10.3. The van der Waals surface area contributed by atoms with Crippen molar-refractivity contribution in [1.29, 1.82) is 5.26 Å². The second kappa shape index (κ2) is 12.2. The molecule has 0 saturated heterocycles. The maximum absolute atomic E-state index is 9.84. The van der Waals surface area contributed by atoms with Crippen LogP contribution in [-0.2, 0) is 20.1 Å². The third kappa shape index (κ3) is 5.25. The number of benzene rings is 4. The van der Waals surface area contributed by atoms with Crippen molar-refractivity contribution in [3.8, 4) is 39.8 Å². The molecule has 0 bridgehead atoms. The van der Waals surface area contributed by atoms with E-state index in [0.717, 1.165) is 33.2 Å². The molecule has 7 rings (SSSR count). The van der Waals surface area contributed by atoms with Gasteiger partial charge in [0.1, 0.15) is 23.0 Å². The van der Waals surface area contributed by atoms with Crippen molar-refractivity contribution in [1.82, 2.24) is 25.1 Å². The molecule has 0 unspecified atom stereocenters. The first-order valence-electron chi connectivity index (χ1n) is 12.1. The van der Waals surface area contributed by atoms with E-state index in [1.807, 2.05) is 72.8 Å². The number of nitriles is 1. The van der Waals surface area contributed by atoms with Crippen LogP contribution in [0.25, 0.3) is 55.7 Å². The third-order valence-corrected chi connectivity index (χ3v) is 6.05. The van der Waals surface area contributed by atoms with Gasteiger partial charge in [-0.15, -0.1) is 54.1 Å². The van der Waals surface area contributed by atoms with Crippen LogP contribution in [0.1, 0.15) is 5.56 Å². The topological polar surface area (TPSA) is 101 Å². The van der Waals surface area contributed by atoms with Crippen LogP contribution in [0.2, 0.25) is 0 Å². The first-order valence-corrected chi connectivity index (χ1v) is 12.1. The Bertz CT molecular complexity index is 1870. The molecule has 8 heteroatoms. The van der Waals surface area contributed by atoms with Gasteiger partial charge in [-0.25, -0.2) is 0 Å². The summed E-state index contributed by atoms with van der Waals surface area (Å²) >= 11 is 0. The molecule has 0 atom stereocenters. The molecular weight excluding hydrogens is 677 g/mol. The van der Waals surface area contributed by atoms with E-state index in [0.29, 0.717) is 28.1 Å². The van der Waals surface area contributed by atoms with Gasteiger partial charge >= 0.3 is 0 Å². The summed E-state index contributed by atoms with van der Waals surface area (Å²) in [5, 5.41) is 19.5. The second-order valence-corrected chi connectivity index (χ2v) is 8.37. The van der Waals surface area contributed by atoms with E-state index in [9.17, 15) is 5.26 Å². The Morgan fingerprint density at radius 1 is 0.750 bits per heavy atom. The van der Waals surface area contributed by atoms with E-state index in [4.69, 9.17) is 4.42 Å². The van der Waals surface area contributed by atoms with Crippen LogP contribution in [0, 0.1) is 23.5 Å². The zero-order chi connectivity index (χ0) is 26.4. The smallest absolute Gasteiger partial charge is 0.139 e. The fraction of sp³-hybridized carbons (Fsp3) is 0. The molecule has 0 fully saturated rings. The molecule has 3 heterocycles. The molecule has 1 radical (unpaired) electrons. The molecule has 4 aromatic carbocycles. The van der Waals surface area contributed by atoms with E-state index in [1.165, 1.54) is 6.20 Å². The SMILES string of the molecule is N#Cc1c(-c2ccccc2)ccc2c1oc1c(-c3nccnn3)[c-]ccc12.[Ir].[c-]1ccccc1-c1cnccn1.